The number of rotatable bonds is 2. The Morgan fingerprint density at radius 3 is 3.00 bits per heavy atom. The van der Waals surface area contributed by atoms with Gasteiger partial charge in [0.2, 0.25) is 5.91 Å². The lowest BCUT2D eigenvalue weighted by Gasteiger charge is -2.19. The van der Waals surface area contributed by atoms with Crippen molar-refractivity contribution in [3.05, 3.63) is 0 Å². The highest BCUT2D eigenvalue weighted by Gasteiger charge is 2.13. The molecule has 2 N–H and O–H groups in total. The highest BCUT2D eigenvalue weighted by atomic mass is 16.2. The molecule has 0 saturated carbocycles. The highest BCUT2D eigenvalue weighted by molar-refractivity contribution is 5.76. The van der Waals surface area contributed by atoms with Gasteiger partial charge in [-0.15, -0.1) is 0 Å². The molecule has 1 saturated heterocycles. The van der Waals surface area contributed by atoms with Crippen molar-refractivity contribution in [1.29, 1.82) is 0 Å². The Kier molecular flexibility index (Phi) is 4.04. The van der Waals surface area contributed by atoms with Gasteiger partial charge >= 0.3 is 0 Å². The van der Waals surface area contributed by atoms with E-state index < -0.39 is 0 Å². The summed E-state index contributed by atoms with van der Waals surface area (Å²) in [5.74, 6) is 0.176. The standard InChI is InChI=1S/C8H16N3O/c9-3-2-8(12)11-6-1-4-10-5-7-11/h1-7,9H2. The minimum atomic E-state index is 0.176. The summed E-state index contributed by atoms with van der Waals surface area (Å²) in [7, 11) is 0. The zero-order valence-corrected chi connectivity index (χ0v) is 7.33. The van der Waals surface area contributed by atoms with E-state index in [4.69, 9.17) is 5.73 Å². The van der Waals surface area contributed by atoms with E-state index in [0.717, 1.165) is 32.6 Å². The molecule has 1 fully saturated rings. The Labute approximate surface area is 73.1 Å². The lowest BCUT2D eigenvalue weighted by molar-refractivity contribution is -0.130. The maximum Gasteiger partial charge on any atom is 0.223 e. The molecule has 1 aliphatic rings. The topological polar surface area (TPSA) is 60.4 Å². The molecule has 1 heterocycles. The van der Waals surface area contributed by atoms with Gasteiger partial charge in [0.05, 0.1) is 0 Å². The van der Waals surface area contributed by atoms with Crippen LogP contribution in [-0.2, 0) is 4.79 Å². The second-order valence-electron chi connectivity index (χ2n) is 2.94. The first kappa shape index (κ1) is 9.48. The van der Waals surface area contributed by atoms with Gasteiger partial charge in [0.1, 0.15) is 0 Å². The van der Waals surface area contributed by atoms with Crippen molar-refractivity contribution in [1.82, 2.24) is 10.2 Å². The first-order valence-electron chi connectivity index (χ1n) is 4.45. The Morgan fingerprint density at radius 2 is 2.25 bits per heavy atom. The first-order chi connectivity index (χ1) is 5.84. The van der Waals surface area contributed by atoms with Crippen LogP contribution in [0.25, 0.3) is 0 Å². The number of carbonyl (C=O) groups is 1. The van der Waals surface area contributed by atoms with Crippen molar-refractivity contribution in [3.8, 4) is 0 Å². The van der Waals surface area contributed by atoms with E-state index in [1.807, 2.05) is 4.90 Å². The molecule has 1 radical (unpaired) electrons. The molecule has 0 atom stereocenters. The van der Waals surface area contributed by atoms with Crippen LogP contribution in [0.2, 0.25) is 0 Å². The predicted octanol–water partition coefficient (Wildman–Crippen LogP) is -0.828. The first-order valence-corrected chi connectivity index (χ1v) is 4.45. The van der Waals surface area contributed by atoms with Crippen LogP contribution in [0, 0.1) is 0 Å². The zero-order chi connectivity index (χ0) is 8.81. The van der Waals surface area contributed by atoms with Gasteiger partial charge in [-0.05, 0) is 6.42 Å². The molecule has 12 heavy (non-hydrogen) atoms. The van der Waals surface area contributed by atoms with E-state index in [0.29, 0.717) is 13.0 Å². The molecular weight excluding hydrogens is 154 g/mol. The SMILES string of the molecule is NCCC(=O)N1CCC[N]CC1. The average molecular weight is 170 g/mol. The molecule has 69 valence electrons. The quantitative estimate of drug-likeness (QED) is 0.588. The molecule has 4 heteroatoms. The van der Waals surface area contributed by atoms with Crippen molar-refractivity contribution in [2.75, 3.05) is 32.7 Å². The molecule has 0 aromatic carbocycles. The van der Waals surface area contributed by atoms with Gasteiger partial charge < -0.3 is 10.6 Å². The third-order valence-corrected chi connectivity index (χ3v) is 1.98. The minimum absolute atomic E-state index is 0.176. The third kappa shape index (κ3) is 2.79. The second-order valence-corrected chi connectivity index (χ2v) is 2.94. The molecule has 1 aliphatic heterocycles. The molecular formula is C8H16N3O. The summed E-state index contributed by atoms with van der Waals surface area (Å²) in [5.41, 5.74) is 5.30. The number of hydrogen-bond donors (Lipinski definition) is 1. The highest BCUT2D eigenvalue weighted by Crippen LogP contribution is 1.98. The van der Waals surface area contributed by atoms with Crippen molar-refractivity contribution in [2.45, 2.75) is 12.8 Å². The van der Waals surface area contributed by atoms with Gasteiger partial charge in [0, 0.05) is 39.1 Å². The molecule has 0 aromatic rings. The average Bonchev–Trinajstić information content (AvgIpc) is 2.32. The molecule has 1 amide bonds. The third-order valence-electron chi connectivity index (χ3n) is 1.98. The fourth-order valence-electron chi connectivity index (χ4n) is 1.32. The summed E-state index contributed by atoms with van der Waals surface area (Å²) in [4.78, 5) is 13.2. The fraction of sp³-hybridized carbons (Fsp3) is 0.875. The van der Waals surface area contributed by atoms with Crippen molar-refractivity contribution < 1.29 is 4.79 Å². The summed E-state index contributed by atoms with van der Waals surface area (Å²) in [5, 5.41) is 4.24. The Bertz CT molecular complexity index is 141. The van der Waals surface area contributed by atoms with E-state index in [1.54, 1.807) is 0 Å². The van der Waals surface area contributed by atoms with E-state index in [9.17, 15) is 4.79 Å². The lowest BCUT2D eigenvalue weighted by atomic mass is 10.3. The maximum absolute atomic E-state index is 11.4. The van der Waals surface area contributed by atoms with Crippen LogP contribution in [0.1, 0.15) is 12.8 Å². The smallest absolute Gasteiger partial charge is 0.223 e. The maximum atomic E-state index is 11.4. The van der Waals surface area contributed by atoms with Gasteiger partial charge in [0.15, 0.2) is 0 Å². The molecule has 4 nitrogen and oxygen atoms in total. The Balaban J connectivity index is 2.32. The van der Waals surface area contributed by atoms with Gasteiger partial charge in [0.25, 0.3) is 0 Å². The number of carbonyl (C=O) groups excluding carboxylic acids is 1. The summed E-state index contributed by atoms with van der Waals surface area (Å²) in [6, 6.07) is 0. The summed E-state index contributed by atoms with van der Waals surface area (Å²) in [6.45, 7) is 3.76. The Hall–Kier alpha value is -0.610. The second kappa shape index (κ2) is 5.11. The molecule has 0 unspecified atom stereocenters. The molecule has 0 spiro atoms. The van der Waals surface area contributed by atoms with Gasteiger partial charge in [-0.3, -0.25) is 4.79 Å². The number of nitrogens with two attached hydrogens (primary N) is 1. The predicted molar refractivity (Wildman–Crippen MR) is 46.7 cm³/mol. The van der Waals surface area contributed by atoms with E-state index >= 15 is 0 Å². The normalized spacial score (nSPS) is 18.9. The van der Waals surface area contributed by atoms with Crippen LogP contribution in [0.3, 0.4) is 0 Å². The van der Waals surface area contributed by atoms with Crippen LogP contribution in [0.15, 0.2) is 0 Å². The van der Waals surface area contributed by atoms with Crippen molar-refractivity contribution >= 4 is 5.91 Å². The van der Waals surface area contributed by atoms with Crippen LogP contribution in [0.4, 0.5) is 0 Å². The van der Waals surface area contributed by atoms with Crippen molar-refractivity contribution in [3.63, 3.8) is 0 Å². The summed E-state index contributed by atoms with van der Waals surface area (Å²) < 4.78 is 0. The van der Waals surface area contributed by atoms with Crippen LogP contribution >= 0.6 is 0 Å². The Morgan fingerprint density at radius 1 is 1.42 bits per heavy atom. The molecule has 0 aromatic heterocycles. The minimum Gasteiger partial charge on any atom is -0.341 e. The van der Waals surface area contributed by atoms with Crippen LogP contribution in [0.5, 0.6) is 0 Å². The van der Waals surface area contributed by atoms with Gasteiger partial charge in [-0.1, -0.05) is 0 Å². The van der Waals surface area contributed by atoms with E-state index in [-0.39, 0.29) is 5.91 Å². The molecule has 0 aliphatic carbocycles. The van der Waals surface area contributed by atoms with Crippen LogP contribution < -0.4 is 11.1 Å². The number of amides is 1. The fourth-order valence-corrected chi connectivity index (χ4v) is 1.32. The number of nitrogens with zero attached hydrogens (tertiary/aromatic N) is 2. The van der Waals surface area contributed by atoms with Gasteiger partial charge in [-0.2, -0.15) is 0 Å². The largest absolute Gasteiger partial charge is 0.341 e. The molecule has 0 bridgehead atoms. The zero-order valence-electron chi connectivity index (χ0n) is 7.33. The lowest BCUT2D eigenvalue weighted by Crippen LogP contribution is -2.34. The molecule has 1 rings (SSSR count). The number of hydrogen-bond acceptors (Lipinski definition) is 2. The van der Waals surface area contributed by atoms with Crippen LogP contribution in [-0.4, -0.2) is 43.5 Å². The monoisotopic (exact) mass is 170 g/mol. The summed E-state index contributed by atoms with van der Waals surface area (Å²) >= 11 is 0. The van der Waals surface area contributed by atoms with E-state index in [1.165, 1.54) is 0 Å². The van der Waals surface area contributed by atoms with E-state index in [2.05, 4.69) is 5.32 Å². The summed E-state index contributed by atoms with van der Waals surface area (Å²) in [6.07, 6.45) is 1.47. The van der Waals surface area contributed by atoms with Gasteiger partial charge in [-0.25, -0.2) is 5.32 Å². The van der Waals surface area contributed by atoms with Crippen molar-refractivity contribution in [2.24, 2.45) is 5.73 Å².